The van der Waals surface area contributed by atoms with E-state index in [0.29, 0.717) is 6.04 Å². The average Bonchev–Trinajstić information content (AvgIpc) is 2.80. The first-order valence-corrected chi connectivity index (χ1v) is 6.82. The fourth-order valence-electron chi connectivity index (χ4n) is 2.22. The van der Waals surface area contributed by atoms with Crippen molar-refractivity contribution in [1.82, 2.24) is 20.1 Å². The highest BCUT2D eigenvalue weighted by atomic mass is 15.2. The Morgan fingerprint density at radius 3 is 2.89 bits per heavy atom. The first-order chi connectivity index (χ1) is 9.19. The Hall–Kier alpha value is -1.68. The van der Waals surface area contributed by atoms with Gasteiger partial charge in [-0.25, -0.2) is 0 Å². The third-order valence-electron chi connectivity index (χ3n) is 3.16. The summed E-state index contributed by atoms with van der Waals surface area (Å²) in [5.41, 5.74) is 3.61. The number of rotatable bonds is 6. The van der Waals surface area contributed by atoms with Crippen LogP contribution in [0.25, 0.3) is 0 Å². The van der Waals surface area contributed by atoms with Gasteiger partial charge in [-0.15, -0.1) is 0 Å². The molecule has 0 bridgehead atoms. The second-order valence-electron chi connectivity index (χ2n) is 4.96. The van der Waals surface area contributed by atoms with Crippen LogP contribution in [-0.4, -0.2) is 21.3 Å². The molecule has 2 rings (SSSR count). The molecule has 0 aliphatic heterocycles. The van der Waals surface area contributed by atoms with E-state index in [9.17, 15) is 0 Å². The number of pyridine rings is 1. The summed E-state index contributed by atoms with van der Waals surface area (Å²) in [6, 6.07) is 4.58. The first kappa shape index (κ1) is 13.7. The Labute approximate surface area is 114 Å². The molecule has 1 unspecified atom stereocenters. The molecule has 2 aromatic heterocycles. The molecule has 4 heteroatoms. The fourth-order valence-corrected chi connectivity index (χ4v) is 2.22. The van der Waals surface area contributed by atoms with Gasteiger partial charge in [0.15, 0.2) is 0 Å². The summed E-state index contributed by atoms with van der Waals surface area (Å²) in [7, 11) is 1.95. The van der Waals surface area contributed by atoms with Crippen LogP contribution < -0.4 is 5.32 Å². The first-order valence-electron chi connectivity index (χ1n) is 6.82. The molecule has 0 aliphatic rings. The average molecular weight is 258 g/mol. The number of aryl methyl sites for hydroxylation is 2. The van der Waals surface area contributed by atoms with Crippen LogP contribution in [0, 0.1) is 6.92 Å². The van der Waals surface area contributed by atoms with Gasteiger partial charge >= 0.3 is 0 Å². The van der Waals surface area contributed by atoms with E-state index >= 15 is 0 Å². The lowest BCUT2D eigenvalue weighted by molar-refractivity contribution is 0.528. The Morgan fingerprint density at radius 2 is 2.26 bits per heavy atom. The molecule has 0 fully saturated rings. The summed E-state index contributed by atoms with van der Waals surface area (Å²) < 4.78 is 1.85. The van der Waals surface area contributed by atoms with Crippen molar-refractivity contribution in [1.29, 1.82) is 0 Å². The second kappa shape index (κ2) is 6.48. The minimum Gasteiger partial charge on any atom is -0.310 e. The van der Waals surface area contributed by atoms with Crippen LogP contribution in [0.2, 0.25) is 0 Å². The minimum absolute atomic E-state index is 0.325. The SMILES string of the molecule is CCCNC(Cc1cnn(C)c1)c1ccnc(C)c1. The molecule has 0 amide bonds. The van der Waals surface area contributed by atoms with E-state index in [2.05, 4.69) is 40.7 Å². The molecule has 0 saturated carbocycles. The summed E-state index contributed by atoms with van der Waals surface area (Å²) >= 11 is 0. The van der Waals surface area contributed by atoms with Crippen molar-refractivity contribution in [2.75, 3.05) is 6.54 Å². The topological polar surface area (TPSA) is 42.7 Å². The van der Waals surface area contributed by atoms with Gasteiger partial charge in [0.05, 0.1) is 6.20 Å². The van der Waals surface area contributed by atoms with Crippen molar-refractivity contribution in [2.45, 2.75) is 32.7 Å². The third-order valence-corrected chi connectivity index (χ3v) is 3.16. The van der Waals surface area contributed by atoms with E-state index in [1.165, 1.54) is 11.1 Å². The van der Waals surface area contributed by atoms with E-state index in [-0.39, 0.29) is 0 Å². The molecule has 0 spiro atoms. The van der Waals surface area contributed by atoms with Crippen LogP contribution in [0.5, 0.6) is 0 Å². The van der Waals surface area contributed by atoms with Gasteiger partial charge in [0.25, 0.3) is 0 Å². The Kier molecular flexibility index (Phi) is 4.68. The van der Waals surface area contributed by atoms with Crippen LogP contribution in [0.3, 0.4) is 0 Å². The highest BCUT2D eigenvalue weighted by molar-refractivity contribution is 5.22. The molecule has 0 saturated heterocycles. The molecule has 0 aromatic carbocycles. The lowest BCUT2D eigenvalue weighted by atomic mass is 10.0. The van der Waals surface area contributed by atoms with Crippen molar-refractivity contribution in [2.24, 2.45) is 7.05 Å². The Balaban J connectivity index is 2.15. The van der Waals surface area contributed by atoms with Crippen LogP contribution in [0.15, 0.2) is 30.7 Å². The quantitative estimate of drug-likeness (QED) is 0.865. The van der Waals surface area contributed by atoms with Crippen molar-refractivity contribution in [3.05, 3.63) is 47.5 Å². The van der Waals surface area contributed by atoms with Crippen LogP contribution in [-0.2, 0) is 13.5 Å². The van der Waals surface area contributed by atoms with Crippen molar-refractivity contribution < 1.29 is 0 Å². The zero-order valence-electron chi connectivity index (χ0n) is 11.9. The second-order valence-corrected chi connectivity index (χ2v) is 4.96. The van der Waals surface area contributed by atoms with Gasteiger partial charge in [-0.3, -0.25) is 9.67 Å². The molecule has 0 radical (unpaired) electrons. The predicted molar refractivity (Wildman–Crippen MR) is 76.9 cm³/mol. The van der Waals surface area contributed by atoms with E-state index in [0.717, 1.165) is 25.1 Å². The number of hydrogen-bond donors (Lipinski definition) is 1. The van der Waals surface area contributed by atoms with Gasteiger partial charge in [0.2, 0.25) is 0 Å². The smallest absolute Gasteiger partial charge is 0.0522 e. The molecule has 0 aliphatic carbocycles. The monoisotopic (exact) mass is 258 g/mol. The Morgan fingerprint density at radius 1 is 1.42 bits per heavy atom. The molecule has 1 atom stereocenters. The fraction of sp³-hybridized carbons (Fsp3) is 0.467. The van der Waals surface area contributed by atoms with Gasteiger partial charge < -0.3 is 5.32 Å². The summed E-state index contributed by atoms with van der Waals surface area (Å²) in [5, 5.41) is 7.84. The minimum atomic E-state index is 0.325. The Bertz CT molecular complexity index is 518. The van der Waals surface area contributed by atoms with Crippen molar-refractivity contribution >= 4 is 0 Å². The van der Waals surface area contributed by atoms with E-state index in [4.69, 9.17) is 0 Å². The molecular weight excluding hydrogens is 236 g/mol. The van der Waals surface area contributed by atoms with E-state index < -0.39 is 0 Å². The number of aromatic nitrogens is 3. The summed E-state index contributed by atoms with van der Waals surface area (Å²) in [6.07, 6.45) is 7.99. The third kappa shape index (κ3) is 3.89. The molecule has 4 nitrogen and oxygen atoms in total. The maximum atomic E-state index is 4.27. The van der Waals surface area contributed by atoms with Gasteiger partial charge in [-0.2, -0.15) is 5.10 Å². The van der Waals surface area contributed by atoms with Crippen molar-refractivity contribution in [3.8, 4) is 0 Å². The number of nitrogens with zero attached hydrogens (tertiary/aromatic N) is 3. The predicted octanol–water partition coefficient (Wildman–Crippen LogP) is 2.41. The molecule has 1 N–H and O–H groups in total. The molecular formula is C15H22N4. The molecule has 2 aromatic rings. The summed E-state index contributed by atoms with van der Waals surface area (Å²) in [5.74, 6) is 0. The van der Waals surface area contributed by atoms with E-state index in [1.54, 1.807) is 0 Å². The highest BCUT2D eigenvalue weighted by Gasteiger charge is 2.12. The molecule has 2 heterocycles. The maximum absolute atomic E-state index is 4.27. The zero-order chi connectivity index (χ0) is 13.7. The number of hydrogen-bond acceptors (Lipinski definition) is 3. The zero-order valence-corrected chi connectivity index (χ0v) is 11.9. The maximum Gasteiger partial charge on any atom is 0.0522 e. The normalized spacial score (nSPS) is 12.6. The van der Waals surface area contributed by atoms with Gasteiger partial charge in [-0.1, -0.05) is 6.92 Å². The standard InChI is InChI=1S/C15H22N4/c1-4-6-17-15(9-13-10-18-19(3)11-13)14-5-7-16-12(2)8-14/h5,7-8,10-11,15,17H,4,6,9H2,1-3H3. The van der Waals surface area contributed by atoms with Gasteiger partial charge in [0.1, 0.15) is 0 Å². The largest absolute Gasteiger partial charge is 0.310 e. The van der Waals surface area contributed by atoms with Crippen LogP contribution in [0.4, 0.5) is 0 Å². The van der Waals surface area contributed by atoms with Gasteiger partial charge in [-0.05, 0) is 49.6 Å². The summed E-state index contributed by atoms with van der Waals surface area (Å²) in [4.78, 5) is 4.27. The molecule has 19 heavy (non-hydrogen) atoms. The van der Waals surface area contributed by atoms with Crippen molar-refractivity contribution in [3.63, 3.8) is 0 Å². The molecule has 102 valence electrons. The summed E-state index contributed by atoms with van der Waals surface area (Å²) in [6.45, 7) is 5.24. The van der Waals surface area contributed by atoms with Crippen LogP contribution in [0.1, 0.15) is 36.2 Å². The number of nitrogens with one attached hydrogen (secondary N) is 1. The van der Waals surface area contributed by atoms with E-state index in [1.807, 2.05) is 31.0 Å². The lowest BCUT2D eigenvalue weighted by Gasteiger charge is -2.18. The lowest BCUT2D eigenvalue weighted by Crippen LogP contribution is -2.24. The van der Waals surface area contributed by atoms with Crippen LogP contribution >= 0.6 is 0 Å². The highest BCUT2D eigenvalue weighted by Crippen LogP contribution is 2.18. The van der Waals surface area contributed by atoms with Gasteiger partial charge in [0, 0.05) is 31.2 Å².